The Morgan fingerprint density at radius 3 is 1.67 bits per heavy atom. The summed E-state index contributed by atoms with van der Waals surface area (Å²) < 4.78 is 34.7. The summed E-state index contributed by atoms with van der Waals surface area (Å²) in [6, 6.07) is 0. The van der Waals surface area contributed by atoms with Gasteiger partial charge in [0.1, 0.15) is 0 Å². The van der Waals surface area contributed by atoms with Gasteiger partial charge < -0.3 is 0 Å². The molecule has 0 aliphatic carbocycles. The second kappa shape index (κ2) is 4.53. The van der Waals surface area contributed by atoms with E-state index in [2.05, 4.69) is 0 Å². The van der Waals surface area contributed by atoms with E-state index in [0.29, 0.717) is 0 Å². The predicted molar refractivity (Wildman–Crippen MR) is 38.0 cm³/mol. The molecule has 0 saturated heterocycles. The number of halogens is 3. The molecule has 0 spiro atoms. The van der Waals surface area contributed by atoms with E-state index in [1.807, 2.05) is 0 Å². The van der Waals surface area contributed by atoms with Crippen LogP contribution >= 0.6 is 0 Å². The molecule has 0 aromatic carbocycles. The van der Waals surface area contributed by atoms with E-state index < -0.39 is 29.8 Å². The summed E-state index contributed by atoms with van der Waals surface area (Å²) in [4.78, 5) is 41.5. The fourth-order valence-corrected chi connectivity index (χ4v) is 0.447. The number of hydrogen-bond acceptors (Lipinski definition) is 4. The van der Waals surface area contributed by atoms with Gasteiger partial charge in [-0.25, -0.2) is 0 Å². The first-order chi connectivity index (χ1) is 6.64. The van der Waals surface area contributed by atoms with Gasteiger partial charge in [0.05, 0.1) is 0 Å². The number of carbonyl (C=O) groups excluding carboxylic acids is 4. The molecule has 0 bridgehead atoms. The molecule has 0 aromatic heterocycles. The summed E-state index contributed by atoms with van der Waals surface area (Å²) in [5.74, 6) is -7.01. The fraction of sp³-hybridized carbons (Fsp3) is 0.333. The van der Waals surface area contributed by atoms with E-state index in [1.165, 1.54) is 5.32 Å². The summed E-state index contributed by atoms with van der Waals surface area (Å²) in [6.45, 7) is 0.872. The van der Waals surface area contributed by atoms with E-state index in [4.69, 9.17) is 0 Å². The average Bonchev–Trinajstić information content (AvgIpc) is 2.00. The molecule has 4 amide bonds. The number of carbonyl (C=O) groups is 4. The molecular formula is C6H5F3N2O4. The van der Waals surface area contributed by atoms with Crippen LogP contribution in [-0.4, -0.2) is 29.8 Å². The van der Waals surface area contributed by atoms with Gasteiger partial charge in [-0.05, 0) is 0 Å². The number of alkyl halides is 3. The molecule has 9 heteroatoms. The standard InChI is InChI=1S/C6H5F3N2O4/c1-2(12)10-3(13)4(14)11-5(15)6(7,8)9/h1H3,(H,10,12,13)(H,11,14,15). The summed E-state index contributed by atoms with van der Waals surface area (Å²) in [6.07, 6.45) is -5.27. The smallest absolute Gasteiger partial charge is 0.288 e. The van der Waals surface area contributed by atoms with Crippen LogP contribution in [0, 0.1) is 0 Å². The zero-order chi connectivity index (χ0) is 12.2. The summed E-state index contributed by atoms with van der Waals surface area (Å²) in [5.41, 5.74) is 0. The van der Waals surface area contributed by atoms with Crippen molar-refractivity contribution in [3.63, 3.8) is 0 Å². The maximum absolute atomic E-state index is 11.6. The Morgan fingerprint density at radius 2 is 1.33 bits per heavy atom. The fourth-order valence-electron chi connectivity index (χ4n) is 0.447. The third kappa shape index (κ3) is 4.74. The van der Waals surface area contributed by atoms with Crippen LogP contribution in [0.4, 0.5) is 13.2 Å². The van der Waals surface area contributed by atoms with Gasteiger partial charge in [-0.15, -0.1) is 0 Å². The molecule has 0 aromatic rings. The van der Waals surface area contributed by atoms with E-state index in [9.17, 15) is 32.3 Å². The summed E-state index contributed by atoms with van der Waals surface area (Å²) in [7, 11) is 0. The molecule has 0 atom stereocenters. The van der Waals surface area contributed by atoms with Crippen molar-refractivity contribution in [2.45, 2.75) is 13.1 Å². The Kier molecular flexibility index (Phi) is 3.95. The van der Waals surface area contributed by atoms with Crippen molar-refractivity contribution in [1.82, 2.24) is 10.6 Å². The maximum Gasteiger partial charge on any atom is 0.471 e. The van der Waals surface area contributed by atoms with E-state index >= 15 is 0 Å². The molecule has 0 saturated carbocycles. The summed E-state index contributed by atoms with van der Waals surface area (Å²) >= 11 is 0. The van der Waals surface area contributed by atoms with Gasteiger partial charge in [0.15, 0.2) is 0 Å². The first kappa shape index (κ1) is 13.1. The van der Waals surface area contributed by atoms with Gasteiger partial charge >= 0.3 is 23.9 Å². The zero-order valence-corrected chi connectivity index (χ0v) is 7.27. The first-order valence-corrected chi connectivity index (χ1v) is 3.38. The van der Waals surface area contributed by atoms with Gasteiger partial charge in [-0.2, -0.15) is 13.2 Å². The molecule has 0 aliphatic rings. The van der Waals surface area contributed by atoms with Crippen molar-refractivity contribution < 1.29 is 32.3 Å². The van der Waals surface area contributed by atoms with Gasteiger partial charge in [-0.1, -0.05) is 0 Å². The van der Waals surface area contributed by atoms with E-state index in [0.717, 1.165) is 12.2 Å². The molecule has 0 unspecified atom stereocenters. The van der Waals surface area contributed by atoms with Crippen molar-refractivity contribution >= 4 is 23.6 Å². The topological polar surface area (TPSA) is 92.3 Å². The second-order valence-corrected chi connectivity index (χ2v) is 2.29. The molecule has 0 rings (SSSR count). The second-order valence-electron chi connectivity index (χ2n) is 2.29. The number of imide groups is 2. The quantitative estimate of drug-likeness (QED) is 0.510. The van der Waals surface area contributed by atoms with Gasteiger partial charge in [0.25, 0.3) is 0 Å². The van der Waals surface area contributed by atoms with Crippen molar-refractivity contribution in [3.05, 3.63) is 0 Å². The lowest BCUT2D eigenvalue weighted by Crippen LogP contribution is -2.48. The monoisotopic (exact) mass is 226 g/mol. The molecular weight excluding hydrogens is 221 g/mol. The van der Waals surface area contributed by atoms with Gasteiger partial charge in [0.2, 0.25) is 5.91 Å². The first-order valence-electron chi connectivity index (χ1n) is 3.38. The highest BCUT2D eigenvalue weighted by atomic mass is 19.4. The van der Waals surface area contributed by atoms with Crippen molar-refractivity contribution in [2.24, 2.45) is 0 Å². The van der Waals surface area contributed by atoms with Crippen LogP contribution in [0.5, 0.6) is 0 Å². The van der Waals surface area contributed by atoms with E-state index in [1.54, 1.807) is 0 Å². The Morgan fingerprint density at radius 1 is 0.933 bits per heavy atom. The minimum atomic E-state index is -5.27. The molecule has 2 N–H and O–H groups in total. The van der Waals surface area contributed by atoms with Crippen molar-refractivity contribution in [1.29, 1.82) is 0 Å². The largest absolute Gasteiger partial charge is 0.471 e. The molecule has 0 heterocycles. The van der Waals surface area contributed by atoms with Crippen LogP contribution in [0.25, 0.3) is 0 Å². The lowest BCUT2D eigenvalue weighted by Gasteiger charge is -2.05. The third-order valence-corrected chi connectivity index (χ3v) is 0.980. The minimum Gasteiger partial charge on any atom is -0.288 e. The normalized spacial score (nSPS) is 10.4. The Hall–Kier alpha value is -1.93. The third-order valence-electron chi connectivity index (χ3n) is 0.980. The molecule has 0 radical (unpaired) electrons. The zero-order valence-electron chi connectivity index (χ0n) is 7.27. The maximum atomic E-state index is 11.6. The van der Waals surface area contributed by atoms with E-state index in [-0.39, 0.29) is 0 Å². The molecule has 0 fully saturated rings. The summed E-state index contributed by atoms with van der Waals surface area (Å²) in [5, 5.41) is 2.15. The van der Waals surface area contributed by atoms with Crippen molar-refractivity contribution in [2.75, 3.05) is 0 Å². The van der Waals surface area contributed by atoms with Crippen LogP contribution in [0.2, 0.25) is 0 Å². The predicted octanol–water partition coefficient (Wildman–Crippen LogP) is -1.15. The highest BCUT2D eigenvalue weighted by molar-refractivity contribution is 6.40. The SMILES string of the molecule is CC(=O)NC(=O)C(=O)NC(=O)C(F)(F)F. The molecule has 6 nitrogen and oxygen atoms in total. The Balaban J connectivity index is 4.33. The van der Waals surface area contributed by atoms with Gasteiger partial charge in [0, 0.05) is 6.92 Å². The Labute approximate surface area is 80.8 Å². The van der Waals surface area contributed by atoms with Crippen LogP contribution in [0.3, 0.4) is 0 Å². The molecule has 0 aliphatic heterocycles. The van der Waals surface area contributed by atoms with Crippen molar-refractivity contribution in [3.8, 4) is 0 Å². The van der Waals surface area contributed by atoms with Crippen LogP contribution in [-0.2, 0) is 19.2 Å². The molecule has 84 valence electrons. The number of rotatable bonds is 0. The highest BCUT2D eigenvalue weighted by Gasteiger charge is 2.40. The van der Waals surface area contributed by atoms with Gasteiger partial charge in [-0.3, -0.25) is 29.8 Å². The van der Waals surface area contributed by atoms with Crippen LogP contribution in [0.15, 0.2) is 0 Å². The number of hydrogen-bond donors (Lipinski definition) is 2. The lowest BCUT2D eigenvalue weighted by molar-refractivity contribution is -0.175. The number of nitrogens with one attached hydrogen (secondary N) is 2. The molecule has 15 heavy (non-hydrogen) atoms. The lowest BCUT2D eigenvalue weighted by atomic mass is 10.5. The van der Waals surface area contributed by atoms with Crippen LogP contribution < -0.4 is 10.6 Å². The average molecular weight is 226 g/mol. The highest BCUT2D eigenvalue weighted by Crippen LogP contribution is 2.13. The Bertz CT molecular complexity index is 323. The number of amides is 4. The minimum absolute atomic E-state index is 0.758. The van der Waals surface area contributed by atoms with Crippen LogP contribution in [0.1, 0.15) is 6.92 Å².